The van der Waals surface area contributed by atoms with Crippen LogP contribution in [0.3, 0.4) is 0 Å². The van der Waals surface area contributed by atoms with Crippen LogP contribution < -0.4 is 4.72 Å². The predicted molar refractivity (Wildman–Crippen MR) is 123 cm³/mol. The monoisotopic (exact) mass is 478 g/mol. The van der Waals surface area contributed by atoms with E-state index < -0.39 is 16.7 Å². The number of nitrogens with zero attached hydrogens (tertiary/aromatic N) is 2. The van der Waals surface area contributed by atoms with E-state index in [1.165, 1.54) is 28.9 Å². The zero-order valence-corrected chi connectivity index (χ0v) is 19.2. The van der Waals surface area contributed by atoms with Crippen molar-refractivity contribution in [3.8, 4) is 10.7 Å². The molecule has 4 aromatic rings. The number of ether oxygens (including phenoxy) is 2. The summed E-state index contributed by atoms with van der Waals surface area (Å²) < 4.78 is 38.9. The summed E-state index contributed by atoms with van der Waals surface area (Å²) in [6.45, 7) is 2.23. The minimum absolute atomic E-state index is 0.192. The van der Waals surface area contributed by atoms with Gasteiger partial charge in [-0.2, -0.15) is 0 Å². The summed E-state index contributed by atoms with van der Waals surface area (Å²) in [5, 5.41) is 3.21. The molecule has 4 rings (SSSR count). The Labute approximate surface area is 188 Å². The number of thiazole rings is 1. The standard InChI is InChI=1S/C20H21N3O5S3/c1-3-28-20(24)16-11-21-19(30-16)15-10-13-6-4-7-14(18(13)23(15)12-27-2)22-31(25,26)17-8-5-9-29-17/h4-11,22,25-26H,3,12H2,1-2H3/p-1. The van der Waals surface area contributed by atoms with E-state index in [1.54, 1.807) is 43.7 Å². The first-order valence-corrected chi connectivity index (χ1v) is 12.5. The van der Waals surface area contributed by atoms with Gasteiger partial charge in [0.05, 0.1) is 33.9 Å². The second-order valence-corrected chi connectivity index (χ2v) is 10.4. The number of esters is 1. The zero-order chi connectivity index (χ0) is 22.0. The van der Waals surface area contributed by atoms with E-state index in [0.29, 0.717) is 25.3 Å². The van der Waals surface area contributed by atoms with Gasteiger partial charge in [-0.3, -0.25) is 0 Å². The molecule has 0 amide bonds. The van der Waals surface area contributed by atoms with Crippen LogP contribution in [0.15, 0.2) is 52.2 Å². The number of fused-ring (bicyclic) bond motifs is 1. The minimum atomic E-state index is -3.47. The molecule has 0 saturated carbocycles. The first-order chi connectivity index (χ1) is 14.9. The van der Waals surface area contributed by atoms with Gasteiger partial charge >= 0.3 is 5.97 Å². The van der Waals surface area contributed by atoms with Crippen molar-refractivity contribution in [1.29, 1.82) is 0 Å². The smallest absolute Gasteiger partial charge is 0.349 e. The predicted octanol–water partition coefficient (Wildman–Crippen LogP) is 5.40. The van der Waals surface area contributed by atoms with E-state index >= 15 is 0 Å². The van der Waals surface area contributed by atoms with Gasteiger partial charge in [0.2, 0.25) is 0 Å². The second kappa shape index (κ2) is 8.99. The van der Waals surface area contributed by atoms with Gasteiger partial charge in [0.15, 0.2) is 0 Å². The maximum atomic E-state index is 12.9. The number of nitrogens with one attached hydrogen (secondary N) is 1. The third-order valence-electron chi connectivity index (χ3n) is 4.40. The molecule has 3 aromatic heterocycles. The van der Waals surface area contributed by atoms with Gasteiger partial charge in [-0.25, -0.2) is 20.6 Å². The lowest BCUT2D eigenvalue weighted by Gasteiger charge is -2.45. The van der Waals surface area contributed by atoms with Gasteiger partial charge in [-0.1, -0.05) is 12.1 Å². The van der Waals surface area contributed by atoms with Crippen LogP contribution in [-0.4, -0.2) is 38.3 Å². The molecule has 31 heavy (non-hydrogen) atoms. The largest absolute Gasteiger partial charge is 0.746 e. The first-order valence-electron chi connectivity index (χ1n) is 9.27. The molecule has 0 spiro atoms. The normalized spacial score (nSPS) is 14.3. The lowest BCUT2D eigenvalue weighted by Crippen LogP contribution is -2.10. The molecular weight excluding hydrogens is 458 g/mol. The van der Waals surface area contributed by atoms with Gasteiger partial charge in [-0.15, -0.1) is 22.7 Å². The van der Waals surface area contributed by atoms with Crippen LogP contribution in [0.25, 0.3) is 21.6 Å². The maximum absolute atomic E-state index is 12.9. The number of aromatic nitrogens is 2. The number of carbonyl (C=O) groups excluding carboxylic acids is 1. The molecule has 2 N–H and O–H groups in total. The molecule has 1 aromatic carbocycles. The van der Waals surface area contributed by atoms with Crippen molar-refractivity contribution in [2.24, 2.45) is 0 Å². The number of para-hydroxylation sites is 1. The number of benzene rings is 1. The van der Waals surface area contributed by atoms with Crippen molar-refractivity contribution in [3.63, 3.8) is 0 Å². The summed E-state index contributed by atoms with van der Waals surface area (Å²) in [5.41, 5.74) is 1.92. The molecule has 0 bridgehead atoms. The van der Waals surface area contributed by atoms with Crippen molar-refractivity contribution in [2.45, 2.75) is 17.9 Å². The molecule has 1 atom stereocenters. The summed E-state index contributed by atoms with van der Waals surface area (Å²) >= 11 is 2.43. The van der Waals surface area contributed by atoms with Crippen molar-refractivity contribution in [1.82, 2.24) is 9.55 Å². The highest BCUT2D eigenvalue weighted by atomic mass is 32.3. The highest BCUT2D eigenvalue weighted by molar-refractivity contribution is 8.26. The SMILES string of the molecule is CCOC(=O)c1cnc(-c2cc3cccc(NS([O-])(O)c4cccs4)c3n2COC)s1. The van der Waals surface area contributed by atoms with Crippen molar-refractivity contribution in [2.75, 3.05) is 18.4 Å². The Morgan fingerprint density at radius 3 is 2.90 bits per heavy atom. The molecule has 164 valence electrons. The van der Waals surface area contributed by atoms with Crippen molar-refractivity contribution >= 4 is 56.0 Å². The summed E-state index contributed by atoms with van der Waals surface area (Å²) in [7, 11) is -1.90. The number of methoxy groups -OCH3 is 1. The molecular formula is C20H20N3O5S3-. The topological polar surface area (TPSA) is 109 Å². The van der Waals surface area contributed by atoms with E-state index in [9.17, 15) is 13.9 Å². The average Bonchev–Trinajstić information content (AvgIpc) is 3.48. The summed E-state index contributed by atoms with van der Waals surface area (Å²) in [5.74, 6) is -0.418. The molecule has 0 aliphatic rings. The molecule has 0 aliphatic carbocycles. The highest BCUT2D eigenvalue weighted by Crippen LogP contribution is 2.51. The number of rotatable bonds is 8. The van der Waals surface area contributed by atoms with Gasteiger partial charge in [0.25, 0.3) is 0 Å². The Morgan fingerprint density at radius 2 is 2.19 bits per heavy atom. The van der Waals surface area contributed by atoms with Crippen LogP contribution in [0, 0.1) is 0 Å². The van der Waals surface area contributed by atoms with Crippen LogP contribution >= 0.6 is 33.4 Å². The van der Waals surface area contributed by atoms with Gasteiger partial charge < -0.3 is 27.9 Å². The molecule has 0 radical (unpaired) electrons. The summed E-state index contributed by atoms with van der Waals surface area (Å²) in [4.78, 5) is 16.8. The number of thiophene rings is 1. The molecule has 0 saturated heterocycles. The fraction of sp³-hybridized carbons (Fsp3) is 0.200. The summed E-state index contributed by atoms with van der Waals surface area (Å²) in [6.07, 6.45) is 1.49. The van der Waals surface area contributed by atoms with E-state index in [1.807, 2.05) is 16.7 Å². The fourth-order valence-electron chi connectivity index (χ4n) is 3.16. The molecule has 0 aliphatic heterocycles. The Hall–Kier alpha value is -2.41. The summed E-state index contributed by atoms with van der Waals surface area (Å²) in [6, 6.07) is 10.7. The number of anilines is 1. The number of carbonyl (C=O) groups is 1. The third kappa shape index (κ3) is 4.33. The van der Waals surface area contributed by atoms with Crippen LogP contribution in [0.2, 0.25) is 0 Å². The van der Waals surface area contributed by atoms with E-state index in [4.69, 9.17) is 9.47 Å². The van der Waals surface area contributed by atoms with Crippen molar-refractivity contribution < 1.29 is 23.4 Å². The average molecular weight is 479 g/mol. The van der Waals surface area contributed by atoms with Crippen LogP contribution in [-0.2, 0) is 16.2 Å². The van der Waals surface area contributed by atoms with Crippen LogP contribution in [0.5, 0.6) is 0 Å². The molecule has 1 unspecified atom stereocenters. The Bertz CT molecular complexity index is 1200. The number of hydrogen-bond donors (Lipinski definition) is 2. The second-order valence-electron chi connectivity index (χ2n) is 6.43. The lowest BCUT2D eigenvalue weighted by atomic mass is 10.2. The third-order valence-corrected chi connectivity index (χ3v) is 8.20. The lowest BCUT2D eigenvalue weighted by molar-refractivity contribution is 0.0532. The van der Waals surface area contributed by atoms with Crippen molar-refractivity contribution in [3.05, 3.63) is 52.9 Å². The molecule has 0 fully saturated rings. The Kier molecular flexibility index (Phi) is 6.32. The Morgan fingerprint density at radius 1 is 1.35 bits per heavy atom. The van der Waals surface area contributed by atoms with Gasteiger partial charge in [0.1, 0.15) is 16.6 Å². The fourth-order valence-corrected chi connectivity index (χ4v) is 6.08. The van der Waals surface area contributed by atoms with E-state index in [2.05, 4.69) is 9.71 Å². The maximum Gasteiger partial charge on any atom is 0.349 e. The minimum Gasteiger partial charge on any atom is -0.746 e. The zero-order valence-electron chi connectivity index (χ0n) is 16.7. The quantitative estimate of drug-likeness (QED) is 0.326. The highest BCUT2D eigenvalue weighted by Gasteiger charge is 2.20. The van der Waals surface area contributed by atoms with Gasteiger partial charge in [0, 0.05) is 12.5 Å². The molecule has 11 heteroatoms. The Balaban J connectivity index is 1.79. The van der Waals surface area contributed by atoms with Crippen LogP contribution in [0.4, 0.5) is 5.69 Å². The van der Waals surface area contributed by atoms with E-state index in [-0.39, 0.29) is 13.3 Å². The molecule has 8 nitrogen and oxygen atoms in total. The van der Waals surface area contributed by atoms with E-state index in [0.717, 1.165) is 11.1 Å². The molecule has 3 heterocycles. The van der Waals surface area contributed by atoms with Gasteiger partial charge in [-0.05, 0) is 36.6 Å². The first kappa shape index (κ1) is 21.8. The number of hydrogen-bond acceptors (Lipinski definition) is 9. The van der Waals surface area contributed by atoms with Crippen LogP contribution in [0.1, 0.15) is 16.6 Å².